The SMILES string of the molecule is COCCNc1nn2c(-c3cccc(NS(C)(=O)=O)c3)cnc2s1. The molecule has 0 radical (unpaired) electrons. The van der Waals surface area contributed by atoms with E-state index in [4.69, 9.17) is 4.74 Å². The van der Waals surface area contributed by atoms with Crippen LogP contribution >= 0.6 is 11.3 Å². The van der Waals surface area contributed by atoms with Crippen molar-refractivity contribution in [2.45, 2.75) is 0 Å². The lowest BCUT2D eigenvalue weighted by molar-refractivity contribution is 0.210. The van der Waals surface area contributed by atoms with Gasteiger partial charge in [0.2, 0.25) is 20.1 Å². The molecule has 0 saturated heterocycles. The molecule has 2 N–H and O–H groups in total. The number of fused-ring (bicyclic) bond motifs is 1. The number of ether oxygens (including phenoxy) is 1. The molecule has 0 unspecified atom stereocenters. The fraction of sp³-hybridized carbons (Fsp3) is 0.286. The molecule has 0 amide bonds. The van der Waals surface area contributed by atoms with Gasteiger partial charge in [-0.15, -0.1) is 5.10 Å². The smallest absolute Gasteiger partial charge is 0.229 e. The van der Waals surface area contributed by atoms with Gasteiger partial charge in [0.25, 0.3) is 0 Å². The Morgan fingerprint density at radius 1 is 1.38 bits per heavy atom. The molecule has 0 fully saturated rings. The molecule has 0 aliphatic carbocycles. The van der Waals surface area contributed by atoms with Crippen molar-refractivity contribution in [3.63, 3.8) is 0 Å². The Balaban J connectivity index is 1.90. The van der Waals surface area contributed by atoms with Crippen molar-refractivity contribution in [2.75, 3.05) is 36.6 Å². The summed E-state index contributed by atoms with van der Waals surface area (Å²) in [5.74, 6) is 0. The fourth-order valence-corrected chi connectivity index (χ4v) is 3.53. The number of hydrogen-bond donors (Lipinski definition) is 2. The summed E-state index contributed by atoms with van der Waals surface area (Å²) < 4.78 is 32.0. The molecular weight excluding hydrogens is 350 g/mol. The molecule has 3 aromatic rings. The first-order valence-electron chi connectivity index (χ1n) is 7.12. The topological polar surface area (TPSA) is 97.6 Å². The van der Waals surface area contributed by atoms with Crippen LogP contribution in [0.2, 0.25) is 0 Å². The standard InChI is InChI=1S/C14H17N5O3S2/c1-22-7-6-15-13-17-19-12(9-16-14(19)23-13)10-4-3-5-11(8-10)18-24(2,20)21/h3-5,8-9,18H,6-7H2,1-2H3,(H,15,17). The Labute approximate surface area is 143 Å². The van der Waals surface area contributed by atoms with Crippen LogP contribution in [-0.4, -0.2) is 49.5 Å². The molecule has 8 nitrogen and oxygen atoms in total. The summed E-state index contributed by atoms with van der Waals surface area (Å²) >= 11 is 1.44. The van der Waals surface area contributed by atoms with E-state index in [0.717, 1.165) is 27.6 Å². The van der Waals surface area contributed by atoms with Crippen LogP contribution in [0.3, 0.4) is 0 Å². The second-order valence-corrected chi connectivity index (χ2v) is 7.82. The zero-order valence-corrected chi connectivity index (χ0v) is 14.8. The summed E-state index contributed by atoms with van der Waals surface area (Å²) in [6.45, 7) is 1.25. The van der Waals surface area contributed by atoms with Crippen LogP contribution in [0, 0.1) is 0 Å². The number of rotatable bonds is 7. The molecule has 1 aromatic carbocycles. The molecule has 0 spiro atoms. The molecule has 2 heterocycles. The van der Waals surface area contributed by atoms with Gasteiger partial charge >= 0.3 is 0 Å². The van der Waals surface area contributed by atoms with Crippen molar-refractivity contribution in [3.05, 3.63) is 30.5 Å². The van der Waals surface area contributed by atoms with E-state index in [2.05, 4.69) is 20.1 Å². The molecule has 0 atom stereocenters. The number of imidazole rings is 1. The third kappa shape index (κ3) is 3.83. The highest BCUT2D eigenvalue weighted by atomic mass is 32.2. The van der Waals surface area contributed by atoms with Crippen molar-refractivity contribution < 1.29 is 13.2 Å². The highest BCUT2D eigenvalue weighted by molar-refractivity contribution is 7.92. The van der Waals surface area contributed by atoms with E-state index in [-0.39, 0.29) is 0 Å². The maximum absolute atomic E-state index is 11.4. The lowest BCUT2D eigenvalue weighted by Crippen LogP contribution is -2.09. The quantitative estimate of drug-likeness (QED) is 0.619. The summed E-state index contributed by atoms with van der Waals surface area (Å²) in [5, 5.41) is 8.42. The van der Waals surface area contributed by atoms with Crippen molar-refractivity contribution >= 4 is 37.1 Å². The first-order valence-corrected chi connectivity index (χ1v) is 9.83. The average Bonchev–Trinajstić information content (AvgIpc) is 3.06. The Kier molecular flexibility index (Phi) is 4.69. The van der Waals surface area contributed by atoms with Gasteiger partial charge in [0.15, 0.2) is 0 Å². The van der Waals surface area contributed by atoms with E-state index in [1.807, 2.05) is 6.07 Å². The second kappa shape index (κ2) is 6.75. The van der Waals surface area contributed by atoms with Crippen LogP contribution in [0.4, 0.5) is 10.8 Å². The minimum absolute atomic E-state index is 0.499. The van der Waals surface area contributed by atoms with Gasteiger partial charge in [-0.2, -0.15) is 0 Å². The lowest BCUT2D eigenvalue weighted by atomic mass is 10.1. The van der Waals surface area contributed by atoms with Crippen LogP contribution < -0.4 is 10.0 Å². The van der Waals surface area contributed by atoms with Gasteiger partial charge in [0, 0.05) is 24.9 Å². The molecule has 0 bridgehead atoms. The Morgan fingerprint density at radius 2 is 2.21 bits per heavy atom. The minimum atomic E-state index is -3.32. The van der Waals surface area contributed by atoms with Crippen LogP contribution in [0.25, 0.3) is 16.2 Å². The van der Waals surface area contributed by atoms with E-state index >= 15 is 0 Å². The van der Waals surface area contributed by atoms with E-state index in [1.54, 1.807) is 36.0 Å². The highest BCUT2D eigenvalue weighted by Crippen LogP contribution is 2.27. The van der Waals surface area contributed by atoms with Gasteiger partial charge in [-0.1, -0.05) is 23.5 Å². The summed E-state index contributed by atoms with van der Waals surface area (Å²) in [5.41, 5.74) is 2.11. The summed E-state index contributed by atoms with van der Waals surface area (Å²) in [7, 11) is -1.68. The highest BCUT2D eigenvalue weighted by Gasteiger charge is 2.12. The predicted molar refractivity (Wildman–Crippen MR) is 95.1 cm³/mol. The van der Waals surface area contributed by atoms with Crippen LogP contribution in [0.15, 0.2) is 30.5 Å². The number of anilines is 2. The number of nitrogens with zero attached hydrogens (tertiary/aromatic N) is 3. The number of methoxy groups -OCH3 is 1. The van der Waals surface area contributed by atoms with E-state index < -0.39 is 10.0 Å². The van der Waals surface area contributed by atoms with Gasteiger partial charge in [-0.3, -0.25) is 4.72 Å². The van der Waals surface area contributed by atoms with Crippen LogP contribution in [0.5, 0.6) is 0 Å². The van der Waals surface area contributed by atoms with Gasteiger partial charge in [-0.25, -0.2) is 17.9 Å². The van der Waals surface area contributed by atoms with Crippen molar-refractivity contribution in [2.24, 2.45) is 0 Å². The summed E-state index contributed by atoms with van der Waals surface area (Å²) in [6, 6.07) is 7.12. The summed E-state index contributed by atoms with van der Waals surface area (Å²) in [6.07, 6.45) is 2.84. The molecule has 0 aliphatic rings. The van der Waals surface area contributed by atoms with Crippen molar-refractivity contribution in [1.29, 1.82) is 0 Å². The van der Waals surface area contributed by atoms with Gasteiger partial charge in [0.1, 0.15) is 0 Å². The normalized spacial score (nSPS) is 11.8. The van der Waals surface area contributed by atoms with Crippen LogP contribution in [0.1, 0.15) is 0 Å². The second-order valence-electron chi connectivity index (χ2n) is 5.12. The van der Waals surface area contributed by atoms with Crippen LogP contribution in [-0.2, 0) is 14.8 Å². The van der Waals surface area contributed by atoms with Crippen molar-refractivity contribution in [3.8, 4) is 11.3 Å². The first-order chi connectivity index (χ1) is 11.5. The van der Waals surface area contributed by atoms with E-state index in [0.29, 0.717) is 18.8 Å². The largest absolute Gasteiger partial charge is 0.383 e. The third-order valence-electron chi connectivity index (χ3n) is 3.13. The van der Waals surface area contributed by atoms with Gasteiger partial charge in [0.05, 0.1) is 24.8 Å². The zero-order valence-electron chi connectivity index (χ0n) is 13.2. The number of aromatic nitrogens is 3. The predicted octanol–water partition coefficient (Wildman–Crippen LogP) is 1.89. The molecule has 3 rings (SSSR count). The molecular formula is C14H17N5O3S2. The van der Waals surface area contributed by atoms with E-state index in [1.165, 1.54) is 11.3 Å². The first kappa shape index (κ1) is 16.7. The Morgan fingerprint density at radius 3 is 2.96 bits per heavy atom. The molecule has 0 aliphatic heterocycles. The molecule has 128 valence electrons. The third-order valence-corrected chi connectivity index (χ3v) is 4.62. The Hall–Kier alpha value is -2.17. The number of nitrogens with one attached hydrogen (secondary N) is 2. The average molecular weight is 367 g/mol. The summed E-state index contributed by atoms with van der Waals surface area (Å²) in [4.78, 5) is 5.11. The molecule has 24 heavy (non-hydrogen) atoms. The molecule has 2 aromatic heterocycles. The fourth-order valence-electron chi connectivity index (χ4n) is 2.18. The van der Waals surface area contributed by atoms with Gasteiger partial charge in [-0.05, 0) is 12.1 Å². The molecule has 0 saturated carbocycles. The lowest BCUT2D eigenvalue weighted by Gasteiger charge is -2.05. The zero-order chi connectivity index (χ0) is 17.2. The number of hydrogen-bond acceptors (Lipinski definition) is 7. The number of sulfonamides is 1. The van der Waals surface area contributed by atoms with Crippen molar-refractivity contribution in [1.82, 2.24) is 14.6 Å². The molecule has 10 heteroatoms. The minimum Gasteiger partial charge on any atom is -0.383 e. The van der Waals surface area contributed by atoms with Gasteiger partial charge < -0.3 is 10.1 Å². The van der Waals surface area contributed by atoms with E-state index in [9.17, 15) is 8.42 Å². The number of benzene rings is 1. The Bertz CT molecular complexity index is 948. The maximum Gasteiger partial charge on any atom is 0.229 e. The monoisotopic (exact) mass is 367 g/mol. The maximum atomic E-state index is 11.4.